The summed E-state index contributed by atoms with van der Waals surface area (Å²) in [6.07, 6.45) is 3.05. The van der Waals surface area contributed by atoms with Crippen molar-refractivity contribution >= 4 is 39.8 Å². The molecule has 3 N–H and O–H groups in total. The van der Waals surface area contributed by atoms with Gasteiger partial charge in [-0.15, -0.1) is 0 Å². The number of hydrogen-bond acceptors (Lipinski definition) is 7. The van der Waals surface area contributed by atoms with Crippen LogP contribution in [0.1, 0.15) is 20.8 Å². The van der Waals surface area contributed by atoms with Gasteiger partial charge in [0.05, 0.1) is 23.7 Å². The summed E-state index contributed by atoms with van der Waals surface area (Å²) in [4.78, 5) is 31.1. The lowest BCUT2D eigenvalue weighted by molar-refractivity contribution is -0.132. The number of halogens is 2. The number of anilines is 3. The summed E-state index contributed by atoms with van der Waals surface area (Å²) in [6, 6.07) is 4.96. The second kappa shape index (κ2) is 8.05. The number of phenols is 1. The number of likely N-dealkylation sites (tertiary alicyclic amines) is 1. The number of aromatic nitrogens is 3. The van der Waals surface area contributed by atoms with Crippen molar-refractivity contribution in [1.82, 2.24) is 19.7 Å². The van der Waals surface area contributed by atoms with Crippen molar-refractivity contribution in [3.63, 3.8) is 0 Å². The maximum Gasteiger partial charge on any atom is 0.267 e. The number of nitrogens with one attached hydrogen (secondary N) is 2. The van der Waals surface area contributed by atoms with Crippen LogP contribution in [0.3, 0.4) is 0 Å². The van der Waals surface area contributed by atoms with E-state index in [4.69, 9.17) is 0 Å². The molecule has 1 saturated heterocycles. The van der Waals surface area contributed by atoms with E-state index >= 15 is 0 Å². The van der Waals surface area contributed by atoms with Crippen molar-refractivity contribution in [2.24, 2.45) is 11.8 Å². The number of piperidine rings is 1. The summed E-state index contributed by atoms with van der Waals surface area (Å²) in [5, 5.41) is 20.4. The molecule has 0 spiro atoms. The number of rotatable bonds is 6. The zero-order valence-corrected chi connectivity index (χ0v) is 19.2. The van der Waals surface area contributed by atoms with Crippen LogP contribution in [0.4, 0.5) is 25.4 Å². The van der Waals surface area contributed by atoms with Gasteiger partial charge in [-0.1, -0.05) is 17.4 Å². The molecular weight excluding hydrogens is 466 g/mol. The molecule has 1 saturated carbocycles. The van der Waals surface area contributed by atoms with E-state index < -0.39 is 17.8 Å². The quantitative estimate of drug-likeness (QED) is 0.491. The van der Waals surface area contributed by atoms with Crippen molar-refractivity contribution < 1.29 is 23.5 Å². The first-order chi connectivity index (χ1) is 16.1. The van der Waals surface area contributed by atoms with Gasteiger partial charge in [0, 0.05) is 30.9 Å². The number of phenolic OH excluding ortho intramolecular Hbond substituents is 1. The number of fused-ring (bicyclic) bond motifs is 1. The van der Waals surface area contributed by atoms with Gasteiger partial charge in [-0.3, -0.25) is 14.3 Å². The average Bonchev–Trinajstić information content (AvgIpc) is 3.37. The van der Waals surface area contributed by atoms with Crippen LogP contribution < -0.4 is 10.6 Å². The molecule has 5 rings (SSSR count). The number of aromatic hydroxyl groups is 1. The third-order valence-corrected chi connectivity index (χ3v) is 7.25. The van der Waals surface area contributed by atoms with Crippen LogP contribution in [0.2, 0.25) is 0 Å². The van der Waals surface area contributed by atoms with Gasteiger partial charge < -0.3 is 20.6 Å². The molecule has 3 aromatic rings. The fourth-order valence-electron chi connectivity index (χ4n) is 4.22. The highest BCUT2D eigenvalue weighted by Crippen LogP contribution is 2.59. The summed E-state index contributed by atoms with van der Waals surface area (Å²) in [7, 11) is 0. The van der Waals surface area contributed by atoms with Crippen molar-refractivity contribution in [3.05, 3.63) is 46.6 Å². The Kier molecular flexibility index (Phi) is 5.27. The topological polar surface area (TPSA) is 112 Å². The predicted octanol–water partition coefficient (Wildman–Crippen LogP) is 3.38. The minimum Gasteiger partial charge on any atom is -0.508 e. The summed E-state index contributed by atoms with van der Waals surface area (Å²) < 4.78 is 28.1. The number of aryl methyl sites for hydroxylation is 1. The molecule has 3 heterocycles. The lowest BCUT2D eigenvalue weighted by Crippen LogP contribution is -2.36. The highest BCUT2D eigenvalue weighted by molar-refractivity contribution is 7.17. The van der Waals surface area contributed by atoms with E-state index in [-0.39, 0.29) is 37.2 Å². The number of thiazole rings is 1. The van der Waals surface area contributed by atoms with Gasteiger partial charge in [-0.25, -0.2) is 13.8 Å². The summed E-state index contributed by atoms with van der Waals surface area (Å²) in [5.74, 6) is -4.10. The van der Waals surface area contributed by atoms with Crippen molar-refractivity contribution in [3.8, 4) is 5.75 Å². The first-order valence-electron chi connectivity index (χ1n) is 10.7. The number of carbonyl (C=O) groups excluding carboxylic acids is 2. The van der Waals surface area contributed by atoms with Gasteiger partial charge in [-0.05, 0) is 25.5 Å². The smallest absolute Gasteiger partial charge is 0.267 e. The van der Waals surface area contributed by atoms with Gasteiger partial charge in [0.15, 0.2) is 10.9 Å². The van der Waals surface area contributed by atoms with Gasteiger partial charge in [-0.2, -0.15) is 5.10 Å². The number of hydrogen-bond donors (Lipinski definition) is 3. The van der Waals surface area contributed by atoms with Gasteiger partial charge in [0.25, 0.3) is 11.8 Å². The Morgan fingerprint density at radius 2 is 1.97 bits per heavy atom. The monoisotopic (exact) mass is 488 g/mol. The number of amides is 2. The van der Waals surface area contributed by atoms with Gasteiger partial charge >= 0.3 is 0 Å². The molecule has 34 heavy (non-hydrogen) atoms. The molecule has 1 aromatic carbocycles. The number of alkyl halides is 2. The number of benzene rings is 1. The molecular formula is C22H22F2N6O3S. The summed E-state index contributed by atoms with van der Waals surface area (Å²) >= 11 is 1.13. The van der Waals surface area contributed by atoms with Gasteiger partial charge in [0.2, 0.25) is 5.91 Å². The zero-order chi connectivity index (χ0) is 24.2. The SMILES string of the molecule is Cc1ccc(O)c(C)c1NC(=O)c1cnc(Nc2ccn(CC(=O)N3CC4C(C3)C4(F)F)n2)s1. The second-order valence-corrected chi connectivity index (χ2v) is 9.63. The third-order valence-electron chi connectivity index (χ3n) is 6.34. The van der Waals surface area contributed by atoms with Crippen LogP contribution in [0, 0.1) is 25.7 Å². The highest BCUT2D eigenvalue weighted by Gasteiger charge is 2.72. The molecule has 2 atom stereocenters. The number of nitrogens with zero attached hydrogens (tertiary/aromatic N) is 4. The molecule has 2 unspecified atom stereocenters. The van der Waals surface area contributed by atoms with Crippen LogP contribution in [-0.2, 0) is 11.3 Å². The molecule has 2 amide bonds. The van der Waals surface area contributed by atoms with Crippen LogP contribution in [-0.4, -0.2) is 55.6 Å². The standard InChI is InChI=1S/C22H22F2N6O3S/c1-11-3-4-15(31)12(2)19(11)27-20(33)16-7-25-21(34-16)26-17-5-6-30(28-17)10-18(32)29-8-13-14(9-29)22(13,23)24/h3-7,13-14,31H,8-10H2,1-2H3,(H,27,33)(H,25,26,28). The number of carbonyl (C=O) groups is 2. The largest absolute Gasteiger partial charge is 0.508 e. The van der Waals surface area contributed by atoms with Gasteiger partial charge in [0.1, 0.15) is 17.2 Å². The maximum absolute atomic E-state index is 13.3. The Bertz CT molecular complexity index is 1280. The summed E-state index contributed by atoms with van der Waals surface area (Å²) in [6.45, 7) is 3.70. The molecule has 2 fully saturated rings. The molecule has 9 nitrogen and oxygen atoms in total. The fraction of sp³-hybridized carbons (Fsp3) is 0.364. The van der Waals surface area contributed by atoms with Crippen LogP contribution >= 0.6 is 11.3 Å². The van der Waals surface area contributed by atoms with Crippen molar-refractivity contribution in [2.75, 3.05) is 23.7 Å². The lowest BCUT2D eigenvalue weighted by atomic mass is 10.1. The maximum atomic E-state index is 13.3. The Morgan fingerprint density at radius 1 is 1.24 bits per heavy atom. The molecule has 1 aliphatic carbocycles. The second-order valence-electron chi connectivity index (χ2n) is 8.60. The van der Waals surface area contributed by atoms with E-state index in [1.54, 1.807) is 31.3 Å². The van der Waals surface area contributed by atoms with E-state index in [1.807, 2.05) is 6.92 Å². The first kappa shape index (κ1) is 22.3. The Hall–Kier alpha value is -3.54. The first-order valence-corrected chi connectivity index (χ1v) is 11.5. The normalized spacial score (nSPS) is 20.2. The average molecular weight is 489 g/mol. The van der Waals surface area contributed by atoms with Crippen LogP contribution in [0.5, 0.6) is 5.75 Å². The lowest BCUT2D eigenvalue weighted by Gasteiger charge is -2.19. The zero-order valence-electron chi connectivity index (χ0n) is 18.4. The molecule has 0 bridgehead atoms. The Morgan fingerprint density at radius 3 is 2.71 bits per heavy atom. The highest BCUT2D eigenvalue weighted by atomic mass is 32.1. The predicted molar refractivity (Wildman–Crippen MR) is 122 cm³/mol. The van der Waals surface area contributed by atoms with E-state index in [0.717, 1.165) is 16.9 Å². The van der Waals surface area contributed by atoms with E-state index in [1.165, 1.54) is 15.8 Å². The summed E-state index contributed by atoms with van der Waals surface area (Å²) in [5.41, 5.74) is 1.96. The Balaban J connectivity index is 1.18. The third kappa shape index (κ3) is 3.98. The van der Waals surface area contributed by atoms with E-state index in [9.17, 15) is 23.5 Å². The minimum absolute atomic E-state index is 0.0408. The molecule has 178 valence electrons. The molecule has 12 heteroatoms. The van der Waals surface area contributed by atoms with E-state index in [0.29, 0.717) is 27.1 Å². The van der Waals surface area contributed by atoms with Crippen molar-refractivity contribution in [2.45, 2.75) is 26.3 Å². The van der Waals surface area contributed by atoms with E-state index in [2.05, 4.69) is 20.7 Å². The van der Waals surface area contributed by atoms with Crippen LogP contribution in [0.25, 0.3) is 0 Å². The molecule has 2 aliphatic rings. The Labute approximate surface area is 197 Å². The fourth-order valence-corrected chi connectivity index (χ4v) is 4.93. The van der Waals surface area contributed by atoms with Crippen LogP contribution in [0.15, 0.2) is 30.6 Å². The molecule has 2 aromatic heterocycles. The molecule has 0 radical (unpaired) electrons. The molecule has 1 aliphatic heterocycles. The minimum atomic E-state index is -2.62. The van der Waals surface area contributed by atoms with Crippen molar-refractivity contribution in [1.29, 1.82) is 0 Å².